The highest BCUT2D eigenvalue weighted by Crippen LogP contribution is 2.49. The quantitative estimate of drug-likeness (QED) is 0.337. The Morgan fingerprint density at radius 1 is 1.19 bits per heavy atom. The van der Waals surface area contributed by atoms with Crippen molar-refractivity contribution in [2.75, 3.05) is 20.3 Å². The second-order valence-electron chi connectivity index (χ2n) is 9.55. The van der Waals surface area contributed by atoms with E-state index in [1.807, 2.05) is 0 Å². The number of aliphatic hydroxyl groups excluding tert-OH is 4. The van der Waals surface area contributed by atoms with Crippen molar-refractivity contribution in [1.29, 1.82) is 0 Å². The molecule has 11 heteroatoms. The Bertz CT molecular complexity index is 1060. The molecule has 0 aliphatic carbocycles. The van der Waals surface area contributed by atoms with E-state index in [1.54, 1.807) is 23.1 Å². The SMILES string of the molecule is C=C[C@@H]1[C@H](O[C@@H]2O[C@H](CO)[C@@H](O)[C@@H](O)[C@H]2O)OC=C2C(=O)N3CCc4cc(OC)c(O)cc4[C@@H]3C[C@H]21. The predicted molar refractivity (Wildman–Crippen MR) is 122 cm³/mol. The van der Waals surface area contributed by atoms with Crippen molar-refractivity contribution in [3.63, 3.8) is 0 Å². The summed E-state index contributed by atoms with van der Waals surface area (Å²) in [5.74, 6) is -0.637. The number of benzene rings is 1. The van der Waals surface area contributed by atoms with E-state index in [9.17, 15) is 30.3 Å². The molecule has 2 saturated heterocycles. The molecule has 0 spiro atoms. The van der Waals surface area contributed by atoms with E-state index < -0.39 is 49.5 Å². The molecule has 0 aromatic heterocycles. The standard InChI is InChI=1S/C25H31NO10/c1-3-12-14-7-16-13-8-17(28)18(33-2)6-11(13)4-5-26(16)23(32)15(14)10-34-24(12)36-25-22(31)21(30)20(29)19(9-27)35-25/h3,6,8,10,12,14,16,19-22,24-25,27-31H,1,4-5,7,9H2,2H3/t12-,14-,16-,19+,20+,21+,22+,24-,25-/m0/s1. The molecular formula is C25H31NO10. The Hall–Kier alpha value is -2.67. The third-order valence-electron chi connectivity index (χ3n) is 7.68. The topological polar surface area (TPSA) is 158 Å². The number of rotatable bonds is 5. The summed E-state index contributed by atoms with van der Waals surface area (Å²) in [6.45, 7) is 3.83. The number of aromatic hydroxyl groups is 1. The maximum absolute atomic E-state index is 13.4. The molecule has 0 unspecified atom stereocenters. The van der Waals surface area contributed by atoms with Gasteiger partial charge in [0, 0.05) is 18.4 Å². The van der Waals surface area contributed by atoms with Gasteiger partial charge in [-0.15, -0.1) is 6.58 Å². The second-order valence-corrected chi connectivity index (χ2v) is 9.55. The van der Waals surface area contributed by atoms with Crippen LogP contribution in [0.1, 0.15) is 23.6 Å². The normalized spacial score (nSPS) is 37.7. The number of nitrogens with zero attached hydrogens (tertiary/aromatic N) is 1. The minimum atomic E-state index is -1.59. The van der Waals surface area contributed by atoms with Gasteiger partial charge in [-0.1, -0.05) is 6.08 Å². The van der Waals surface area contributed by atoms with Crippen LogP contribution in [-0.2, 0) is 25.4 Å². The van der Waals surface area contributed by atoms with Crippen LogP contribution in [-0.4, -0.2) is 93.6 Å². The molecule has 0 radical (unpaired) electrons. The average Bonchev–Trinajstić information content (AvgIpc) is 2.88. The molecule has 1 amide bonds. The van der Waals surface area contributed by atoms with E-state index >= 15 is 0 Å². The highest BCUT2D eigenvalue weighted by atomic mass is 16.8. The van der Waals surface area contributed by atoms with Crippen LogP contribution < -0.4 is 4.74 Å². The number of hydrogen-bond donors (Lipinski definition) is 5. The first-order valence-corrected chi connectivity index (χ1v) is 11.9. The van der Waals surface area contributed by atoms with Gasteiger partial charge in [-0.05, 0) is 36.1 Å². The molecule has 5 N–H and O–H groups in total. The van der Waals surface area contributed by atoms with E-state index in [-0.39, 0.29) is 23.6 Å². The summed E-state index contributed by atoms with van der Waals surface area (Å²) in [4.78, 5) is 15.2. The Balaban J connectivity index is 1.41. The first-order valence-electron chi connectivity index (χ1n) is 11.9. The summed E-state index contributed by atoms with van der Waals surface area (Å²) >= 11 is 0. The molecule has 5 rings (SSSR count). The molecule has 1 aromatic carbocycles. The average molecular weight is 506 g/mol. The van der Waals surface area contributed by atoms with Crippen molar-refractivity contribution in [2.24, 2.45) is 11.8 Å². The molecule has 9 atom stereocenters. The number of carbonyl (C=O) groups is 1. The predicted octanol–water partition coefficient (Wildman–Crippen LogP) is -0.295. The molecule has 4 aliphatic heterocycles. The van der Waals surface area contributed by atoms with Crippen molar-refractivity contribution in [1.82, 2.24) is 4.90 Å². The summed E-state index contributed by atoms with van der Waals surface area (Å²) in [7, 11) is 1.49. The van der Waals surface area contributed by atoms with Gasteiger partial charge in [0.2, 0.25) is 6.29 Å². The van der Waals surface area contributed by atoms with Crippen LogP contribution >= 0.6 is 0 Å². The smallest absolute Gasteiger partial charge is 0.253 e. The minimum Gasteiger partial charge on any atom is -0.504 e. The zero-order valence-corrected chi connectivity index (χ0v) is 19.8. The minimum absolute atomic E-state index is 0.00274. The summed E-state index contributed by atoms with van der Waals surface area (Å²) < 4.78 is 22.3. The zero-order valence-electron chi connectivity index (χ0n) is 19.8. The lowest BCUT2D eigenvalue weighted by molar-refractivity contribution is -0.339. The van der Waals surface area contributed by atoms with E-state index in [2.05, 4.69) is 6.58 Å². The number of fused-ring (bicyclic) bond motifs is 4. The summed E-state index contributed by atoms with van der Waals surface area (Å²) in [6.07, 6.45) is -4.10. The van der Waals surface area contributed by atoms with Crippen LogP contribution in [0.5, 0.6) is 11.5 Å². The van der Waals surface area contributed by atoms with Crippen LogP contribution in [0, 0.1) is 11.8 Å². The summed E-state index contributed by atoms with van der Waals surface area (Å²) in [5.41, 5.74) is 2.33. The first kappa shape index (κ1) is 25.0. The van der Waals surface area contributed by atoms with Gasteiger partial charge in [-0.25, -0.2) is 0 Å². The molecule has 0 bridgehead atoms. The number of piperidine rings is 1. The van der Waals surface area contributed by atoms with E-state index in [0.717, 1.165) is 11.1 Å². The Kier molecular flexibility index (Phi) is 6.70. The van der Waals surface area contributed by atoms with Crippen LogP contribution in [0.15, 0.2) is 36.6 Å². The molecule has 2 fully saturated rings. The largest absolute Gasteiger partial charge is 0.504 e. The van der Waals surface area contributed by atoms with Crippen molar-refractivity contribution < 1.29 is 49.3 Å². The maximum Gasteiger partial charge on any atom is 0.253 e. The molecule has 0 saturated carbocycles. The summed E-state index contributed by atoms with van der Waals surface area (Å²) in [6, 6.07) is 3.17. The maximum atomic E-state index is 13.4. The number of methoxy groups -OCH3 is 1. The molecule has 4 aliphatic rings. The number of phenols is 1. The fourth-order valence-electron chi connectivity index (χ4n) is 5.70. The highest BCUT2D eigenvalue weighted by Gasteiger charge is 2.50. The first-order chi connectivity index (χ1) is 17.3. The van der Waals surface area contributed by atoms with Crippen molar-refractivity contribution in [3.05, 3.63) is 47.7 Å². The molecule has 36 heavy (non-hydrogen) atoms. The fourth-order valence-corrected chi connectivity index (χ4v) is 5.70. The number of phenolic OH excluding ortho intramolecular Hbond substituents is 1. The second kappa shape index (κ2) is 9.66. The van der Waals surface area contributed by atoms with Crippen molar-refractivity contribution in [3.8, 4) is 11.5 Å². The summed E-state index contributed by atoms with van der Waals surface area (Å²) in [5, 5.41) is 50.4. The van der Waals surface area contributed by atoms with Crippen LogP contribution in [0.25, 0.3) is 0 Å². The highest BCUT2D eigenvalue weighted by molar-refractivity contribution is 5.95. The van der Waals surface area contributed by atoms with Crippen molar-refractivity contribution >= 4 is 5.91 Å². The monoisotopic (exact) mass is 505 g/mol. The Morgan fingerprint density at radius 2 is 1.97 bits per heavy atom. The van der Waals surface area contributed by atoms with Gasteiger partial charge in [0.05, 0.1) is 31.6 Å². The number of amides is 1. The zero-order chi connectivity index (χ0) is 25.7. The Labute approximate surface area is 207 Å². The van der Waals surface area contributed by atoms with E-state index in [1.165, 1.54) is 13.4 Å². The van der Waals surface area contributed by atoms with E-state index in [4.69, 9.17) is 18.9 Å². The van der Waals surface area contributed by atoms with Gasteiger partial charge in [0.25, 0.3) is 5.91 Å². The number of carbonyl (C=O) groups excluding carboxylic acids is 1. The fraction of sp³-hybridized carbons (Fsp3) is 0.560. The third-order valence-corrected chi connectivity index (χ3v) is 7.68. The molecule has 1 aromatic rings. The van der Waals surface area contributed by atoms with E-state index in [0.29, 0.717) is 30.7 Å². The number of hydrogen-bond acceptors (Lipinski definition) is 10. The van der Waals surface area contributed by atoms with Crippen LogP contribution in [0.2, 0.25) is 0 Å². The molecular weight excluding hydrogens is 474 g/mol. The van der Waals surface area contributed by atoms with Crippen LogP contribution in [0.4, 0.5) is 0 Å². The lowest BCUT2D eigenvalue weighted by Gasteiger charge is -2.48. The molecule has 196 valence electrons. The van der Waals surface area contributed by atoms with Crippen LogP contribution in [0.3, 0.4) is 0 Å². The van der Waals surface area contributed by atoms with Gasteiger partial charge in [-0.3, -0.25) is 4.79 Å². The lowest BCUT2D eigenvalue weighted by atomic mass is 9.73. The lowest BCUT2D eigenvalue weighted by Crippen LogP contribution is -2.60. The van der Waals surface area contributed by atoms with Crippen molar-refractivity contribution in [2.45, 2.75) is 55.9 Å². The Morgan fingerprint density at radius 3 is 2.67 bits per heavy atom. The third kappa shape index (κ3) is 3.96. The van der Waals surface area contributed by atoms with Gasteiger partial charge < -0.3 is 49.4 Å². The van der Waals surface area contributed by atoms with Gasteiger partial charge in [0.15, 0.2) is 17.8 Å². The molecule has 4 heterocycles. The van der Waals surface area contributed by atoms with Gasteiger partial charge in [0.1, 0.15) is 24.4 Å². The van der Waals surface area contributed by atoms with Gasteiger partial charge >= 0.3 is 0 Å². The van der Waals surface area contributed by atoms with Gasteiger partial charge in [-0.2, -0.15) is 0 Å². The number of aliphatic hydroxyl groups is 4. The number of ether oxygens (including phenoxy) is 4. The molecule has 11 nitrogen and oxygen atoms in total.